The van der Waals surface area contributed by atoms with Gasteiger partial charge in [0.25, 0.3) is 0 Å². The van der Waals surface area contributed by atoms with E-state index < -0.39 is 5.92 Å². The van der Waals surface area contributed by atoms with E-state index in [-0.39, 0.29) is 29.6 Å². The Morgan fingerprint density at radius 3 is 2.58 bits per heavy atom. The van der Waals surface area contributed by atoms with Gasteiger partial charge in [-0.2, -0.15) is 4.80 Å². The van der Waals surface area contributed by atoms with Gasteiger partial charge in [0.1, 0.15) is 16.8 Å². The molecule has 168 valence electrons. The highest BCUT2D eigenvalue weighted by molar-refractivity contribution is 6.32. The summed E-state index contributed by atoms with van der Waals surface area (Å²) in [5, 5.41) is 32.8. The number of nitrogens with zero attached hydrogens (tertiary/aromatic N) is 3. The standard InChI is InChI=1S/C23H19ClN4O5/c1-32-18-6-3-12(9-14(18)24)28-26-16-5-4-15-21(22(16)27-28)13(10-20(30)25-15)11-7-17(29)23(31)19(8-11)33-2/h3-9,13,29,31H,10H2,1-2H3,(H,25,30)/t13-/m1/s1. The minimum atomic E-state index is -0.442. The zero-order valence-electron chi connectivity index (χ0n) is 17.7. The van der Waals surface area contributed by atoms with Crippen LogP contribution in [0.3, 0.4) is 0 Å². The van der Waals surface area contributed by atoms with Gasteiger partial charge in [0.2, 0.25) is 11.7 Å². The summed E-state index contributed by atoms with van der Waals surface area (Å²) in [6.45, 7) is 0. The van der Waals surface area contributed by atoms with Crippen molar-refractivity contribution in [2.75, 3.05) is 19.5 Å². The van der Waals surface area contributed by atoms with Crippen molar-refractivity contribution in [2.45, 2.75) is 12.3 Å². The van der Waals surface area contributed by atoms with Crippen LogP contribution in [0, 0.1) is 0 Å². The fourth-order valence-corrected chi connectivity index (χ4v) is 4.35. The molecule has 0 spiro atoms. The minimum Gasteiger partial charge on any atom is -0.504 e. The molecule has 0 radical (unpaired) electrons. The third-order valence-corrected chi connectivity index (χ3v) is 5.97. The summed E-state index contributed by atoms with van der Waals surface area (Å²) in [5.41, 5.74) is 3.83. The van der Waals surface area contributed by atoms with E-state index in [1.54, 1.807) is 36.4 Å². The third-order valence-electron chi connectivity index (χ3n) is 5.67. The third kappa shape index (κ3) is 3.46. The normalized spacial score (nSPS) is 15.2. The molecular weight excluding hydrogens is 448 g/mol. The number of hydrogen-bond acceptors (Lipinski definition) is 7. The van der Waals surface area contributed by atoms with Crippen LogP contribution >= 0.6 is 11.6 Å². The molecule has 1 aliphatic heterocycles. The smallest absolute Gasteiger partial charge is 0.225 e. The summed E-state index contributed by atoms with van der Waals surface area (Å²) in [5.74, 6) is -0.655. The van der Waals surface area contributed by atoms with Crippen LogP contribution < -0.4 is 14.8 Å². The van der Waals surface area contributed by atoms with Crippen LogP contribution in [0.4, 0.5) is 5.69 Å². The number of phenolic OH excluding ortho intramolecular Hbond substituents is 2. The van der Waals surface area contributed by atoms with Crippen LogP contribution in [0.2, 0.25) is 5.02 Å². The molecule has 0 bridgehead atoms. The number of hydrogen-bond donors (Lipinski definition) is 3. The number of fused-ring (bicyclic) bond motifs is 3. The maximum atomic E-state index is 12.5. The molecule has 33 heavy (non-hydrogen) atoms. The molecule has 3 N–H and O–H groups in total. The number of aromatic nitrogens is 3. The van der Waals surface area contributed by atoms with Crippen molar-refractivity contribution in [2.24, 2.45) is 0 Å². The molecule has 1 aromatic heterocycles. The number of methoxy groups -OCH3 is 2. The number of rotatable bonds is 4. The van der Waals surface area contributed by atoms with Crippen molar-refractivity contribution < 1.29 is 24.5 Å². The number of halogens is 1. The van der Waals surface area contributed by atoms with Gasteiger partial charge in [-0.1, -0.05) is 11.6 Å². The van der Waals surface area contributed by atoms with Gasteiger partial charge < -0.3 is 25.0 Å². The molecule has 1 atom stereocenters. The fourth-order valence-electron chi connectivity index (χ4n) is 4.10. The number of carbonyl (C=O) groups excluding carboxylic acids is 1. The van der Waals surface area contributed by atoms with Crippen molar-refractivity contribution >= 4 is 34.2 Å². The number of benzene rings is 3. The molecule has 0 saturated carbocycles. The van der Waals surface area contributed by atoms with Crippen LogP contribution in [-0.2, 0) is 4.79 Å². The van der Waals surface area contributed by atoms with E-state index in [9.17, 15) is 15.0 Å². The zero-order chi connectivity index (χ0) is 23.3. The lowest BCUT2D eigenvalue weighted by Gasteiger charge is -2.26. The second kappa shape index (κ2) is 7.86. The van der Waals surface area contributed by atoms with E-state index in [4.69, 9.17) is 21.1 Å². The second-order valence-electron chi connectivity index (χ2n) is 7.60. The van der Waals surface area contributed by atoms with Gasteiger partial charge in [0.05, 0.1) is 24.9 Å². The van der Waals surface area contributed by atoms with Gasteiger partial charge in [-0.05, 0) is 48.0 Å². The van der Waals surface area contributed by atoms with E-state index >= 15 is 0 Å². The molecule has 10 heteroatoms. The summed E-state index contributed by atoms with van der Waals surface area (Å²) in [6, 6.07) is 11.8. The van der Waals surface area contributed by atoms with Crippen LogP contribution in [0.15, 0.2) is 42.5 Å². The monoisotopic (exact) mass is 466 g/mol. The molecule has 0 saturated heterocycles. The quantitative estimate of drug-likeness (QED) is 0.389. The van der Waals surface area contributed by atoms with Gasteiger partial charge in [-0.25, -0.2) is 0 Å². The molecule has 9 nitrogen and oxygen atoms in total. The lowest BCUT2D eigenvalue weighted by Crippen LogP contribution is -2.23. The van der Waals surface area contributed by atoms with Crippen LogP contribution in [-0.4, -0.2) is 45.3 Å². The van der Waals surface area contributed by atoms with Gasteiger partial charge >= 0.3 is 0 Å². The number of carbonyl (C=O) groups is 1. The van der Waals surface area contributed by atoms with Gasteiger partial charge in [-0.3, -0.25) is 4.79 Å². The molecule has 0 fully saturated rings. The second-order valence-corrected chi connectivity index (χ2v) is 8.01. The topological polar surface area (TPSA) is 119 Å². The van der Waals surface area contributed by atoms with E-state index in [0.29, 0.717) is 38.7 Å². The van der Waals surface area contributed by atoms with Crippen LogP contribution in [0.1, 0.15) is 23.5 Å². The average molecular weight is 467 g/mol. The van der Waals surface area contributed by atoms with E-state index in [0.717, 1.165) is 5.56 Å². The maximum Gasteiger partial charge on any atom is 0.225 e. The summed E-state index contributed by atoms with van der Waals surface area (Å²) < 4.78 is 10.4. The van der Waals surface area contributed by atoms with Gasteiger partial charge in [0, 0.05) is 23.6 Å². The molecule has 3 aromatic carbocycles. The van der Waals surface area contributed by atoms with Crippen molar-refractivity contribution in [1.82, 2.24) is 15.0 Å². The SMILES string of the molecule is COc1ccc(-n2nc3ccc4c(c3n2)[C@@H](c2cc(O)c(O)c(OC)c2)CC(=O)N4)cc1Cl. The van der Waals surface area contributed by atoms with Gasteiger partial charge in [-0.15, -0.1) is 10.2 Å². The van der Waals surface area contributed by atoms with Crippen molar-refractivity contribution in [3.8, 4) is 28.7 Å². The summed E-state index contributed by atoms with van der Waals surface area (Å²) in [7, 11) is 2.93. The Bertz CT molecular complexity index is 1420. The summed E-state index contributed by atoms with van der Waals surface area (Å²) >= 11 is 6.27. The molecular formula is C23H19ClN4O5. The number of aromatic hydroxyl groups is 2. The maximum absolute atomic E-state index is 12.5. The Labute approximate surface area is 193 Å². The highest BCUT2D eigenvalue weighted by atomic mass is 35.5. The molecule has 5 rings (SSSR count). The van der Waals surface area contributed by atoms with Crippen LogP contribution in [0.5, 0.6) is 23.0 Å². The first-order valence-electron chi connectivity index (χ1n) is 10.0. The van der Waals surface area contributed by atoms with Crippen molar-refractivity contribution in [1.29, 1.82) is 0 Å². The summed E-state index contributed by atoms with van der Waals surface area (Å²) in [6.07, 6.45) is 0.126. The predicted molar refractivity (Wildman–Crippen MR) is 122 cm³/mol. The lowest BCUT2D eigenvalue weighted by atomic mass is 9.83. The fraction of sp³-hybridized carbons (Fsp3) is 0.174. The Balaban J connectivity index is 1.69. The largest absolute Gasteiger partial charge is 0.504 e. The molecule has 2 heterocycles. The number of amides is 1. The zero-order valence-corrected chi connectivity index (χ0v) is 18.4. The Kier molecular flexibility index (Phi) is 4.98. The predicted octanol–water partition coefficient (Wildman–Crippen LogP) is 3.98. The first-order valence-corrected chi connectivity index (χ1v) is 10.4. The highest BCUT2D eigenvalue weighted by Crippen LogP contribution is 2.45. The number of ether oxygens (including phenoxy) is 2. The number of anilines is 1. The van der Waals surface area contributed by atoms with Crippen molar-refractivity contribution in [3.05, 3.63) is 58.6 Å². The molecule has 4 aromatic rings. The highest BCUT2D eigenvalue weighted by Gasteiger charge is 2.31. The molecule has 1 aliphatic rings. The van der Waals surface area contributed by atoms with Crippen molar-refractivity contribution in [3.63, 3.8) is 0 Å². The average Bonchev–Trinajstić information content (AvgIpc) is 3.24. The molecule has 0 unspecified atom stereocenters. The molecule has 1 amide bonds. The van der Waals surface area contributed by atoms with Crippen LogP contribution in [0.25, 0.3) is 16.7 Å². The Morgan fingerprint density at radius 2 is 1.85 bits per heavy atom. The minimum absolute atomic E-state index is 0.112. The first kappa shape index (κ1) is 20.9. The van der Waals surface area contributed by atoms with Gasteiger partial charge in [0.15, 0.2) is 11.5 Å². The lowest BCUT2D eigenvalue weighted by molar-refractivity contribution is -0.116. The van der Waals surface area contributed by atoms with E-state index in [1.165, 1.54) is 25.1 Å². The molecule has 0 aliphatic carbocycles. The first-order chi connectivity index (χ1) is 15.9. The Morgan fingerprint density at radius 1 is 1.06 bits per heavy atom. The number of phenols is 2. The summed E-state index contributed by atoms with van der Waals surface area (Å²) in [4.78, 5) is 13.9. The van der Waals surface area contributed by atoms with E-state index in [2.05, 4.69) is 15.5 Å². The van der Waals surface area contributed by atoms with E-state index in [1.807, 2.05) is 0 Å². The number of nitrogens with one attached hydrogen (secondary N) is 1. The Hall–Kier alpha value is -3.98.